The van der Waals surface area contributed by atoms with E-state index in [4.69, 9.17) is 0 Å². The normalized spacial score (nSPS) is 17.5. The zero-order valence-electron chi connectivity index (χ0n) is 13.7. The van der Waals surface area contributed by atoms with E-state index in [1.165, 1.54) is 18.2 Å². The van der Waals surface area contributed by atoms with Crippen LogP contribution in [0, 0.1) is 11.6 Å². The SMILES string of the molecule is OC1CN=C(c2cc3c(/C=C/c4ccc(F)cc4)n[nH]c3cc2F)NC1. The third-order valence-electron chi connectivity index (χ3n) is 4.20. The summed E-state index contributed by atoms with van der Waals surface area (Å²) in [6.07, 6.45) is 3.03. The van der Waals surface area contributed by atoms with Crippen LogP contribution in [0.5, 0.6) is 0 Å². The number of benzene rings is 2. The minimum atomic E-state index is -0.561. The zero-order valence-corrected chi connectivity index (χ0v) is 13.7. The van der Waals surface area contributed by atoms with Crippen molar-refractivity contribution in [2.75, 3.05) is 13.1 Å². The minimum Gasteiger partial charge on any atom is -0.389 e. The van der Waals surface area contributed by atoms with E-state index in [9.17, 15) is 13.9 Å². The molecule has 1 aromatic heterocycles. The van der Waals surface area contributed by atoms with Crippen molar-refractivity contribution in [2.45, 2.75) is 6.10 Å². The summed E-state index contributed by atoms with van der Waals surface area (Å²) in [5.41, 5.74) is 2.38. The van der Waals surface area contributed by atoms with Crippen molar-refractivity contribution in [1.29, 1.82) is 0 Å². The Morgan fingerprint density at radius 1 is 1.12 bits per heavy atom. The number of amidine groups is 1. The summed E-state index contributed by atoms with van der Waals surface area (Å²) in [7, 11) is 0. The fraction of sp³-hybridized carbons (Fsp3) is 0.158. The van der Waals surface area contributed by atoms with E-state index < -0.39 is 11.9 Å². The molecule has 5 nitrogen and oxygen atoms in total. The maximum atomic E-state index is 14.4. The molecule has 1 unspecified atom stereocenters. The van der Waals surface area contributed by atoms with E-state index in [1.807, 2.05) is 6.08 Å². The first kappa shape index (κ1) is 16.4. The van der Waals surface area contributed by atoms with Crippen LogP contribution in [0.4, 0.5) is 8.78 Å². The van der Waals surface area contributed by atoms with Gasteiger partial charge in [0.2, 0.25) is 0 Å². The molecule has 3 N–H and O–H groups in total. The lowest BCUT2D eigenvalue weighted by molar-refractivity contribution is 0.181. The van der Waals surface area contributed by atoms with E-state index in [0.717, 1.165) is 10.9 Å². The van der Waals surface area contributed by atoms with Gasteiger partial charge in [0.1, 0.15) is 17.5 Å². The van der Waals surface area contributed by atoms with Crippen LogP contribution >= 0.6 is 0 Å². The molecule has 0 spiro atoms. The van der Waals surface area contributed by atoms with E-state index in [0.29, 0.717) is 29.2 Å². The summed E-state index contributed by atoms with van der Waals surface area (Å²) in [5.74, 6) is -0.291. The number of aromatic amines is 1. The first-order chi connectivity index (χ1) is 12.6. The Hall–Kier alpha value is -3.06. The first-order valence-corrected chi connectivity index (χ1v) is 8.18. The van der Waals surface area contributed by atoms with Crippen LogP contribution in [0.2, 0.25) is 0 Å². The molecule has 1 atom stereocenters. The highest BCUT2D eigenvalue weighted by Gasteiger charge is 2.18. The Morgan fingerprint density at radius 3 is 2.65 bits per heavy atom. The third kappa shape index (κ3) is 3.21. The zero-order chi connectivity index (χ0) is 18.1. The van der Waals surface area contributed by atoms with E-state index >= 15 is 0 Å². The Bertz CT molecular complexity index is 1010. The number of hydrogen-bond donors (Lipinski definition) is 3. The summed E-state index contributed by atoms with van der Waals surface area (Å²) in [4.78, 5) is 4.20. The number of nitrogens with zero attached hydrogens (tertiary/aromatic N) is 2. The van der Waals surface area contributed by atoms with E-state index in [1.54, 1.807) is 24.3 Å². The second kappa shape index (κ2) is 6.68. The predicted octanol–water partition coefficient (Wildman–Crippen LogP) is 2.72. The van der Waals surface area contributed by atoms with Gasteiger partial charge >= 0.3 is 0 Å². The van der Waals surface area contributed by atoms with E-state index in [2.05, 4.69) is 20.5 Å². The van der Waals surface area contributed by atoms with Gasteiger partial charge in [-0.3, -0.25) is 10.1 Å². The third-order valence-corrected chi connectivity index (χ3v) is 4.20. The van der Waals surface area contributed by atoms with Crippen molar-refractivity contribution in [2.24, 2.45) is 4.99 Å². The minimum absolute atomic E-state index is 0.239. The number of hydrogen-bond acceptors (Lipinski definition) is 4. The van der Waals surface area contributed by atoms with Crippen LogP contribution in [-0.4, -0.2) is 40.3 Å². The fourth-order valence-corrected chi connectivity index (χ4v) is 2.83. The van der Waals surface area contributed by atoms with Gasteiger partial charge in [0.15, 0.2) is 0 Å². The highest BCUT2D eigenvalue weighted by Crippen LogP contribution is 2.23. The maximum Gasteiger partial charge on any atom is 0.136 e. The van der Waals surface area contributed by atoms with Gasteiger partial charge in [-0.25, -0.2) is 8.78 Å². The molecule has 0 radical (unpaired) electrons. The van der Waals surface area contributed by atoms with Crippen molar-refractivity contribution < 1.29 is 13.9 Å². The second-order valence-corrected chi connectivity index (χ2v) is 6.10. The molecule has 1 aliphatic rings. The van der Waals surface area contributed by atoms with E-state index in [-0.39, 0.29) is 12.4 Å². The smallest absolute Gasteiger partial charge is 0.136 e. The maximum absolute atomic E-state index is 14.4. The number of nitrogens with one attached hydrogen (secondary N) is 2. The highest BCUT2D eigenvalue weighted by atomic mass is 19.1. The summed E-state index contributed by atoms with van der Waals surface area (Å²) >= 11 is 0. The van der Waals surface area contributed by atoms with Crippen LogP contribution < -0.4 is 5.32 Å². The van der Waals surface area contributed by atoms with Crippen LogP contribution in [0.3, 0.4) is 0 Å². The van der Waals surface area contributed by atoms with Gasteiger partial charge in [0, 0.05) is 18.0 Å². The number of fused-ring (bicyclic) bond motifs is 1. The quantitative estimate of drug-likeness (QED) is 0.677. The topological polar surface area (TPSA) is 73.3 Å². The van der Waals surface area contributed by atoms with Gasteiger partial charge < -0.3 is 10.4 Å². The molecule has 2 heterocycles. The van der Waals surface area contributed by atoms with Gasteiger partial charge in [0.25, 0.3) is 0 Å². The lowest BCUT2D eigenvalue weighted by atomic mass is 10.1. The summed E-state index contributed by atoms with van der Waals surface area (Å²) < 4.78 is 27.4. The molecule has 2 aromatic carbocycles. The Kier molecular flexibility index (Phi) is 4.22. The lowest BCUT2D eigenvalue weighted by Crippen LogP contribution is -2.39. The number of halogens is 2. The molecule has 26 heavy (non-hydrogen) atoms. The number of aromatic nitrogens is 2. The molecule has 0 amide bonds. The first-order valence-electron chi connectivity index (χ1n) is 8.18. The molecule has 4 rings (SSSR count). The fourth-order valence-electron chi connectivity index (χ4n) is 2.83. The molecule has 0 bridgehead atoms. The molecule has 0 saturated heterocycles. The number of rotatable bonds is 3. The Morgan fingerprint density at radius 2 is 1.92 bits per heavy atom. The molecular formula is C19H16F2N4O. The van der Waals surface area contributed by atoms with Crippen LogP contribution in [0.15, 0.2) is 41.4 Å². The molecule has 1 aliphatic heterocycles. The molecule has 0 saturated carbocycles. The number of β-amino-alcohol motifs (C(OH)–C–C–N with tert-alkyl or cyclic N) is 1. The molecular weight excluding hydrogens is 338 g/mol. The monoisotopic (exact) mass is 354 g/mol. The van der Waals surface area contributed by atoms with Crippen molar-refractivity contribution in [3.05, 3.63) is 64.9 Å². The van der Waals surface area contributed by atoms with Gasteiger partial charge in [-0.05, 0) is 29.8 Å². The average Bonchev–Trinajstić information content (AvgIpc) is 3.03. The van der Waals surface area contributed by atoms with Crippen molar-refractivity contribution in [3.63, 3.8) is 0 Å². The molecule has 0 aliphatic carbocycles. The molecule has 7 heteroatoms. The second-order valence-electron chi connectivity index (χ2n) is 6.10. The summed E-state index contributed by atoms with van der Waals surface area (Å²) in [5, 5.41) is 20.2. The summed E-state index contributed by atoms with van der Waals surface area (Å²) in [6, 6.07) is 9.16. The Balaban J connectivity index is 1.70. The van der Waals surface area contributed by atoms with Crippen LogP contribution in [0.1, 0.15) is 16.8 Å². The molecule has 3 aromatic rings. The van der Waals surface area contributed by atoms with Crippen molar-refractivity contribution in [1.82, 2.24) is 15.5 Å². The van der Waals surface area contributed by atoms with Crippen molar-refractivity contribution in [3.8, 4) is 0 Å². The predicted molar refractivity (Wildman–Crippen MR) is 96.8 cm³/mol. The molecule has 132 valence electrons. The molecule has 0 fully saturated rings. The van der Waals surface area contributed by atoms with Gasteiger partial charge in [-0.2, -0.15) is 5.10 Å². The number of aliphatic hydroxyl groups excluding tert-OH is 1. The van der Waals surface area contributed by atoms with Crippen molar-refractivity contribution >= 4 is 28.9 Å². The van der Waals surface area contributed by atoms with Crippen LogP contribution in [0.25, 0.3) is 23.1 Å². The Labute approximate surface area is 148 Å². The highest BCUT2D eigenvalue weighted by molar-refractivity contribution is 6.03. The van der Waals surface area contributed by atoms with Crippen LogP contribution in [-0.2, 0) is 0 Å². The number of aliphatic imine (C=N–C) groups is 1. The number of aliphatic hydroxyl groups is 1. The standard InChI is InChI=1S/C19H16F2N4O/c20-12-4-1-11(2-5-12)3-6-17-15-7-14(16(21)8-18(15)25-24-17)19-22-9-13(26)10-23-19/h1-8,13,26H,9-10H2,(H,22,23)(H,24,25)/b6-3+. The number of H-pyrrole nitrogens is 1. The largest absolute Gasteiger partial charge is 0.389 e. The van der Waals surface area contributed by atoms with Gasteiger partial charge in [-0.15, -0.1) is 0 Å². The van der Waals surface area contributed by atoms with Gasteiger partial charge in [0.05, 0.1) is 29.4 Å². The summed E-state index contributed by atoms with van der Waals surface area (Å²) in [6.45, 7) is 0.571. The average molecular weight is 354 g/mol. The van der Waals surface area contributed by atoms with Gasteiger partial charge in [-0.1, -0.05) is 18.2 Å². The lowest BCUT2D eigenvalue weighted by Gasteiger charge is -2.19.